The summed E-state index contributed by atoms with van der Waals surface area (Å²) in [4.78, 5) is 42.4. The van der Waals surface area contributed by atoms with Gasteiger partial charge in [-0.1, -0.05) is 200 Å². The van der Waals surface area contributed by atoms with Gasteiger partial charge in [-0.25, -0.2) is 0 Å². The number of rotatable bonds is 4. The zero-order valence-corrected chi connectivity index (χ0v) is 39.4. The summed E-state index contributed by atoms with van der Waals surface area (Å²) in [5.74, 6) is -0.0334. The van der Waals surface area contributed by atoms with Gasteiger partial charge >= 0.3 is 0 Å². The molecule has 13 rings (SSSR count). The van der Waals surface area contributed by atoms with Crippen LogP contribution in [0.15, 0.2) is 265 Å². The number of ketones is 3. The lowest BCUT2D eigenvalue weighted by Crippen LogP contribution is -2.42. The Morgan fingerprint density at radius 1 is 0.314 bits per heavy atom. The Morgan fingerprint density at radius 3 is 1.06 bits per heavy atom. The van der Waals surface area contributed by atoms with Crippen LogP contribution in [0.4, 0.5) is 34.1 Å². The summed E-state index contributed by atoms with van der Waals surface area (Å²) in [6.07, 6.45) is 0. The summed E-state index contributed by atoms with van der Waals surface area (Å²) >= 11 is 3.65. The molecular weight excluding hydrogens is 925 g/mol. The third kappa shape index (κ3) is 7.46. The number of nitrogens with zero attached hydrogens (tertiary/aromatic N) is 2. The fourth-order valence-electron chi connectivity index (χ4n) is 10.3. The van der Waals surface area contributed by atoms with Crippen molar-refractivity contribution in [2.45, 2.75) is 5.41 Å². The quantitative estimate of drug-likeness (QED) is 0.176. The molecule has 10 aromatic carbocycles. The van der Waals surface area contributed by atoms with Crippen LogP contribution in [0.1, 0.15) is 70.0 Å². The van der Waals surface area contributed by atoms with Crippen LogP contribution in [-0.2, 0) is 5.41 Å². The first-order valence-corrected chi connectivity index (χ1v) is 24.0. The third-order valence-electron chi connectivity index (χ3n) is 13.2. The largest absolute Gasteiger partial charge is 0.310 e. The molecule has 1 aliphatic heterocycles. The van der Waals surface area contributed by atoms with Gasteiger partial charge in [0.1, 0.15) is 0 Å². The number of carbonyl (C=O) groups excluding carboxylic acids is 3. The number of para-hydroxylation sites is 6. The maximum atomic E-state index is 13.6. The zero-order chi connectivity index (χ0) is 47.6. The minimum absolute atomic E-state index is 0.0641. The predicted molar refractivity (Wildman–Crippen MR) is 285 cm³/mol. The van der Waals surface area contributed by atoms with Crippen molar-refractivity contribution in [3.8, 4) is 0 Å². The van der Waals surface area contributed by atoms with Crippen LogP contribution in [0, 0.1) is 0 Å². The zero-order valence-electron chi connectivity index (χ0n) is 37.8. The van der Waals surface area contributed by atoms with E-state index in [4.69, 9.17) is 0 Å². The van der Waals surface area contributed by atoms with E-state index in [1.807, 2.05) is 48.5 Å². The van der Waals surface area contributed by atoms with Crippen molar-refractivity contribution in [3.05, 3.63) is 321 Å². The highest BCUT2D eigenvalue weighted by Gasteiger charge is 2.51. The van der Waals surface area contributed by atoms with Crippen LogP contribution in [0.25, 0.3) is 0 Å². The fraction of sp³-hybridized carbons (Fsp3) is 0.0156. The molecule has 0 saturated heterocycles. The molecule has 70 heavy (non-hydrogen) atoms. The van der Waals surface area contributed by atoms with Gasteiger partial charge in [0.05, 0.1) is 22.5 Å². The highest BCUT2D eigenvalue weighted by atomic mass is 79.9. The van der Waals surface area contributed by atoms with Crippen LogP contribution in [0.5, 0.6) is 0 Å². The maximum Gasteiger partial charge on any atom is 0.194 e. The van der Waals surface area contributed by atoms with Crippen molar-refractivity contribution in [1.29, 1.82) is 0 Å². The molecule has 0 amide bonds. The van der Waals surface area contributed by atoms with Gasteiger partial charge < -0.3 is 9.80 Å². The summed E-state index contributed by atoms with van der Waals surface area (Å²) in [5.41, 5.74) is 14.3. The summed E-state index contributed by atoms with van der Waals surface area (Å²) in [6.45, 7) is 0. The van der Waals surface area contributed by atoms with E-state index in [-0.39, 0.29) is 17.3 Å². The van der Waals surface area contributed by atoms with Gasteiger partial charge in [-0.15, -0.1) is 0 Å². The van der Waals surface area contributed by atoms with Crippen molar-refractivity contribution >= 4 is 67.4 Å². The van der Waals surface area contributed by atoms with E-state index < -0.39 is 5.41 Å². The Hall–Kier alpha value is -8.71. The molecule has 1 heterocycles. The molecular formula is C64H43BrN2O3. The van der Waals surface area contributed by atoms with Crippen LogP contribution in [-0.4, -0.2) is 17.3 Å². The van der Waals surface area contributed by atoms with Gasteiger partial charge in [-0.2, -0.15) is 0 Å². The van der Waals surface area contributed by atoms with E-state index in [1.165, 1.54) is 11.1 Å². The first kappa shape index (κ1) is 43.8. The van der Waals surface area contributed by atoms with Gasteiger partial charge in [0.25, 0.3) is 0 Å². The summed E-state index contributed by atoms with van der Waals surface area (Å²) < 4.78 is 1.08. The van der Waals surface area contributed by atoms with E-state index in [1.54, 1.807) is 48.5 Å². The molecule has 6 heteroatoms. The molecule has 0 atom stereocenters. The molecule has 3 aliphatic rings. The van der Waals surface area contributed by atoms with E-state index in [0.29, 0.717) is 22.3 Å². The second-order valence-electron chi connectivity index (χ2n) is 17.1. The van der Waals surface area contributed by atoms with E-state index in [9.17, 15) is 14.4 Å². The van der Waals surface area contributed by atoms with Crippen molar-refractivity contribution in [2.75, 3.05) is 9.80 Å². The summed E-state index contributed by atoms with van der Waals surface area (Å²) in [7, 11) is 0. The third-order valence-corrected chi connectivity index (χ3v) is 13.9. The average Bonchev–Trinajstić information content (AvgIpc) is 3.43. The van der Waals surface area contributed by atoms with Crippen LogP contribution >= 0.6 is 15.9 Å². The highest BCUT2D eigenvalue weighted by Crippen LogP contribution is 2.60. The second-order valence-corrected chi connectivity index (χ2v) is 17.9. The van der Waals surface area contributed by atoms with Gasteiger partial charge in [-0.3, -0.25) is 14.4 Å². The van der Waals surface area contributed by atoms with E-state index in [0.717, 1.165) is 60.9 Å². The lowest BCUT2D eigenvalue weighted by atomic mass is 9.57. The second kappa shape index (κ2) is 18.8. The number of hydrogen-bond donors (Lipinski definition) is 0. The molecule has 0 radical (unpaired) electrons. The molecule has 0 saturated carbocycles. The molecule has 0 N–H and O–H groups in total. The van der Waals surface area contributed by atoms with Crippen molar-refractivity contribution < 1.29 is 14.4 Å². The first-order valence-electron chi connectivity index (χ1n) is 23.2. The predicted octanol–water partition coefficient (Wildman–Crippen LogP) is 15.8. The first-order chi connectivity index (χ1) is 34.5. The number of halogens is 1. The Bertz CT molecular complexity index is 3350. The number of carbonyl (C=O) groups is 3. The summed E-state index contributed by atoms with van der Waals surface area (Å²) in [6, 6.07) is 87.0. The standard InChI is InChI=1S/C32H21NO.C18H14BrN.C14H8O2/c34-31-23-14-4-6-16-25(23)32(26-17-7-5-15-24(26)31)27-18-8-10-20-29(27)33(22-12-2-1-3-13-22)30-21-11-9-19-28(30)32;19-17-13-7-8-14-18(17)20(15-9-3-1-4-10-15)16-11-5-2-6-12-16;15-13-9-5-1-2-6-10(9)14(16)12-8-4-3-7-11(12)13/h1-21H;1-14H;1-8H. The maximum absolute atomic E-state index is 13.6. The Morgan fingerprint density at radius 2 is 0.629 bits per heavy atom. The van der Waals surface area contributed by atoms with Gasteiger partial charge in [-0.05, 0) is 98.8 Å². The van der Waals surface area contributed by atoms with Crippen molar-refractivity contribution in [1.82, 2.24) is 0 Å². The van der Waals surface area contributed by atoms with Crippen LogP contribution in [0.3, 0.4) is 0 Å². The lowest BCUT2D eigenvalue weighted by Gasteiger charge is -2.48. The SMILES string of the molecule is Brc1ccccc1N(c1ccccc1)c1ccccc1.O=C1c2ccccc2C(=O)c2ccccc21.O=C1c2ccccc2C2(c3ccccc31)c1ccccc1N(c1ccccc1)c1ccccc12. The van der Waals surface area contributed by atoms with E-state index >= 15 is 0 Å². The van der Waals surface area contributed by atoms with Gasteiger partial charge in [0.2, 0.25) is 0 Å². The molecule has 0 bridgehead atoms. The molecule has 1 spiro atoms. The van der Waals surface area contributed by atoms with Crippen LogP contribution < -0.4 is 9.80 Å². The Labute approximate surface area is 415 Å². The Balaban J connectivity index is 0.000000126. The molecule has 5 nitrogen and oxygen atoms in total. The number of hydrogen-bond acceptors (Lipinski definition) is 5. The molecule has 2 aliphatic carbocycles. The minimum Gasteiger partial charge on any atom is -0.310 e. The molecule has 0 aromatic heterocycles. The highest BCUT2D eigenvalue weighted by molar-refractivity contribution is 9.10. The Kier molecular flexibility index (Phi) is 11.7. The fourth-order valence-corrected chi connectivity index (χ4v) is 10.7. The van der Waals surface area contributed by atoms with E-state index in [2.05, 4.69) is 190 Å². The van der Waals surface area contributed by atoms with Crippen molar-refractivity contribution in [3.63, 3.8) is 0 Å². The normalized spacial score (nSPS) is 13.1. The average molecular weight is 968 g/mol. The molecule has 0 unspecified atom stereocenters. The molecule has 10 aromatic rings. The number of anilines is 6. The number of fused-ring (bicyclic) bond motifs is 10. The summed E-state index contributed by atoms with van der Waals surface area (Å²) in [5, 5.41) is 0. The minimum atomic E-state index is -0.584. The molecule has 334 valence electrons. The van der Waals surface area contributed by atoms with Gasteiger partial charge in [0.15, 0.2) is 17.3 Å². The smallest absolute Gasteiger partial charge is 0.194 e. The number of benzene rings is 10. The van der Waals surface area contributed by atoms with Crippen LogP contribution in [0.2, 0.25) is 0 Å². The lowest BCUT2D eigenvalue weighted by molar-refractivity contribution is 0.0979. The van der Waals surface area contributed by atoms with Crippen molar-refractivity contribution in [2.24, 2.45) is 0 Å². The topological polar surface area (TPSA) is 57.7 Å². The van der Waals surface area contributed by atoms with Gasteiger partial charge in [0, 0.05) is 54.9 Å². The molecule has 0 fully saturated rings. The monoisotopic (exact) mass is 966 g/mol.